The maximum atomic E-state index is 5.51. The molecular weight excluding hydrogens is 330 g/mol. The highest BCUT2D eigenvalue weighted by Gasteiger charge is 2.46. The Labute approximate surface area is 163 Å². The Morgan fingerprint density at radius 2 is 1.96 bits per heavy atom. The molecule has 0 N–H and O–H groups in total. The maximum absolute atomic E-state index is 5.51. The summed E-state index contributed by atoms with van der Waals surface area (Å²) in [5.41, 5.74) is 3.45. The van der Waals surface area contributed by atoms with E-state index in [0.29, 0.717) is 5.41 Å². The third-order valence-electron chi connectivity index (χ3n) is 7.51. The highest BCUT2D eigenvalue weighted by atomic mass is 16.5. The first-order chi connectivity index (χ1) is 13.3. The molecule has 2 nitrogen and oxygen atoms in total. The molecule has 4 atom stereocenters. The van der Waals surface area contributed by atoms with Gasteiger partial charge in [-0.2, -0.15) is 0 Å². The lowest BCUT2D eigenvalue weighted by Crippen LogP contribution is -2.52. The molecule has 142 valence electrons. The second-order valence-electron chi connectivity index (χ2n) is 9.02. The van der Waals surface area contributed by atoms with Crippen molar-refractivity contribution in [1.29, 1.82) is 0 Å². The Kier molecular flexibility index (Phi) is 4.47. The van der Waals surface area contributed by atoms with Crippen molar-refractivity contribution >= 4 is 0 Å². The first-order valence-electron chi connectivity index (χ1n) is 10.7. The third-order valence-corrected chi connectivity index (χ3v) is 7.51. The van der Waals surface area contributed by atoms with Gasteiger partial charge in [-0.25, -0.2) is 0 Å². The number of methoxy groups -OCH3 is 1. The standard InChI is InChI=1S/C25H31NO/c1-27-23-11-5-9-21(16-23)25-12-6-10-22(17-25)26(14-13-25)18-20-15-24(20)19-7-3-2-4-8-19/h2-5,7-9,11,16,20,22,24H,6,10,12-15,17-18H2,1H3/t20-,22+,24+,25-/m1/s1. The number of piperidine rings is 1. The molecular formula is C25H31NO. The molecule has 1 heterocycles. The summed E-state index contributed by atoms with van der Waals surface area (Å²) >= 11 is 0. The fraction of sp³-hybridized carbons (Fsp3) is 0.520. The fourth-order valence-corrected chi connectivity index (χ4v) is 5.87. The molecule has 2 saturated carbocycles. The molecule has 2 aromatic rings. The minimum atomic E-state index is 0.385. The summed E-state index contributed by atoms with van der Waals surface area (Å²) in [6.45, 7) is 2.57. The lowest BCUT2D eigenvalue weighted by molar-refractivity contribution is 0.0478. The first kappa shape index (κ1) is 17.3. The number of benzene rings is 2. The quantitative estimate of drug-likeness (QED) is 0.708. The second kappa shape index (κ2) is 6.98. The van der Waals surface area contributed by atoms with Crippen LogP contribution in [0.3, 0.4) is 0 Å². The molecule has 27 heavy (non-hydrogen) atoms. The molecule has 0 aromatic heterocycles. The van der Waals surface area contributed by atoms with Crippen LogP contribution in [0.25, 0.3) is 0 Å². The Bertz CT molecular complexity index is 788. The molecule has 3 fully saturated rings. The van der Waals surface area contributed by atoms with Crippen LogP contribution in [-0.2, 0) is 5.41 Å². The average Bonchev–Trinajstić information content (AvgIpc) is 3.50. The van der Waals surface area contributed by atoms with Crippen molar-refractivity contribution in [3.05, 3.63) is 65.7 Å². The highest BCUT2D eigenvalue weighted by molar-refractivity contribution is 5.35. The fourth-order valence-electron chi connectivity index (χ4n) is 5.87. The molecule has 1 aliphatic heterocycles. The summed E-state index contributed by atoms with van der Waals surface area (Å²) in [5, 5.41) is 0. The third kappa shape index (κ3) is 3.29. The van der Waals surface area contributed by atoms with Gasteiger partial charge in [-0.15, -0.1) is 0 Å². The van der Waals surface area contributed by atoms with Gasteiger partial charge in [0.1, 0.15) is 5.75 Å². The SMILES string of the molecule is COc1cccc([C@@]23CCC[C@@H](C2)N(C[C@H]2C[C@H]2c2ccccc2)CC3)c1. The Hall–Kier alpha value is -1.80. The van der Waals surface area contributed by atoms with Gasteiger partial charge in [-0.3, -0.25) is 0 Å². The molecule has 2 bridgehead atoms. The van der Waals surface area contributed by atoms with E-state index >= 15 is 0 Å². The predicted molar refractivity (Wildman–Crippen MR) is 110 cm³/mol. The van der Waals surface area contributed by atoms with E-state index in [9.17, 15) is 0 Å². The number of rotatable bonds is 5. The lowest BCUT2D eigenvalue weighted by Gasteiger charge is -2.51. The van der Waals surface area contributed by atoms with Crippen LogP contribution in [0.5, 0.6) is 5.75 Å². The summed E-state index contributed by atoms with van der Waals surface area (Å²) < 4.78 is 5.51. The van der Waals surface area contributed by atoms with Crippen molar-refractivity contribution in [2.75, 3.05) is 20.2 Å². The summed E-state index contributed by atoms with van der Waals surface area (Å²) in [6, 6.07) is 20.8. The van der Waals surface area contributed by atoms with Gasteiger partial charge in [-0.1, -0.05) is 48.9 Å². The maximum Gasteiger partial charge on any atom is 0.119 e. The van der Waals surface area contributed by atoms with Crippen molar-refractivity contribution < 1.29 is 4.74 Å². The minimum Gasteiger partial charge on any atom is -0.497 e. The van der Waals surface area contributed by atoms with Gasteiger partial charge < -0.3 is 9.64 Å². The molecule has 0 amide bonds. The zero-order valence-corrected chi connectivity index (χ0v) is 16.4. The second-order valence-corrected chi connectivity index (χ2v) is 9.02. The number of hydrogen-bond acceptors (Lipinski definition) is 2. The monoisotopic (exact) mass is 361 g/mol. The first-order valence-corrected chi connectivity index (χ1v) is 10.7. The summed E-state index contributed by atoms with van der Waals surface area (Å²) in [6.07, 6.45) is 8.12. The van der Waals surface area contributed by atoms with E-state index in [1.54, 1.807) is 12.7 Å². The van der Waals surface area contributed by atoms with Gasteiger partial charge in [0.25, 0.3) is 0 Å². The number of fused-ring (bicyclic) bond motifs is 2. The van der Waals surface area contributed by atoms with Crippen molar-refractivity contribution in [1.82, 2.24) is 4.90 Å². The Morgan fingerprint density at radius 3 is 2.81 bits per heavy atom. The number of hydrogen-bond donors (Lipinski definition) is 0. The van der Waals surface area contributed by atoms with E-state index in [4.69, 9.17) is 4.74 Å². The van der Waals surface area contributed by atoms with E-state index in [0.717, 1.165) is 23.6 Å². The molecule has 0 unspecified atom stereocenters. The van der Waals surface area contributed by atoms with Crippen molar-refractivity contribution in [3.63, 3.8) is 0 Å². The van der Waals surface area contributed by atoms with E-state index in [-0.39, 0.29) is 0 Å². The van der Waals surface area contributed by atoms with E-state index < -0.39 is 0 Å². The van der Waals surface area contributed by atoms with Crippen molar-refractivity contribution in [2.45, 2.75) is 55.9 Å². The van der Waals surface area contributed by atoms with Crippen LogP contribution in [0, 0.1) is 5.92 Å². The number of likely N-dealkylation sites (tertiary alicyclic amines) is 1. The van der Waals surface area contributed by atoms with Crippen LogP contribution >= 0.6 is 0 Å². The van der Waals surface area contributed by atoms with Gasteiger partial charge in [0.15, 0.2) is 0 Å². The Balaban J connectivity index is 1.27. The molecule has 0 radical (unpaired) electrons. The zero-order chi connectivity index (χ0) is 18.3. The van der Waals surface area contributed by atoms with Crippen LogP contribution in [0.1, 0.15) is 55.6 Å². The molecule has 1 saturated heterocycles. The normalized spacial score (nSPS) is 32.9. The van der Waals surface area contributed by atoms with Crippen molar-refractivity contribution in [2.24, 2.45) is 5.92 Å². The zero-order valence-electron chi connectivity index (χ0n) is 16.4. The molecule has 2 heteroatoms. The van der Waals surface area contributed by atoms with Crippen LogP contribution < -0.4 is 4.74 Å². The number of nitrogens with zero attached hydrogens (tertiary/aromatic N) is 1. The molecule has 2 aliphatic carbocycles. The predicted octanol–water partition coefficient (Wildman–Crippen LogP) is 5.39. The molecule has 3 aliphatic rings. The topological polar surface area (TPSA) is 12.5 Å². The molecule has 0 spiro atoms. The average molecular weight is 362 g/mol. The summed E-state index contributed by atoms with van der Waals surface area (Å²) in [7, 11) is 1.78. The van der Waals surface area contributed by atoms with E-state index in [1.165, 1.54) is 57.2 Å². The minimum absolute atomic E-state index is 0.385. The molecule has 2 aromatic carbocycles. The molecule has 5 rings (SSSR count). The summed E-state index contributed by atoms with van der Waals surface area (Å²) in [5.74, 6) is 2.69. The number of ether oxygens (including phenoxy) is 1. The van der Waals surface area contributed by atoms with Gasteiger partial charge in [0.2, 0.25) is 0 Å². The summed E-state index contributed by atoms with van der Waals surface area (Å²) in [4.78, 5) is 2.84. The van der Waals surface area contributed by atoms with Crippen molar-refractivity contribution in [3.8, 4) is 5.75 Å². The van der Waals surface area contributed by atoms with Crippen LogP contribution in [0.2, 0.25) is 0 Å². The van der Waals surface area contributed by atoms with Gasteiger partial charge >= 0.3 is 0 Å². The van der Waals surface area contributed by atoms with Crippen LogP contribution in [0.15, 0.2) is 54.6 Å². The smallest absolute Gasteiger partial charge is 0.119 e. The van der Waals surface area contributed by atoms with Gasteiger partial charge in [0.05, 0.1) is 7.11 Å². The lowest BCUT2D eigenvalue weighted by atomic mass is 9.63. The van der Waals surface area contributed by atoms with Crippen LogP contribution in [-0.4, -0.2) is 31.1 Å². The van der Waals surface area contributed by atoms with E-state index in [1.807, 2.05) is 0 Å². The Morgan fingerprint density at radius 1 is 1.07 bits per heavy atom. The van der Waals surface area contributed by atoms with Crippen LogP contribution in [0.4, 0.5) is 0 Å². The van der Waals surface area contributed by atoms with E-state index in [2.05, 4.69) is 59.5 Å². The van der Waals surface area contributed by atoms with Gasteiger partial charge in [0, 0.05) is 12.6 Å². The largest absolute Gasteiger partial charge is 0.497 e. The highest BCUT2D eigenvalue weighted by Crippen LogP contribution is 2.51. The van der Waals surface area contributed by atoms with Gasteiger partial charge in [-0.05, 0) is 79.2 Å².